The summed E-state index contributed by atoms with van der Waals surface area (Å²) in [6.45, 7) is 0. The Bertz CT molecular complexity index is 859. The lowest BCUT2D eigenvalue weighted by Gasteiger charge is -2.22. The minimum absolute atomic E-state index is 0.0721. The summed E-state index contributed by atoms with van der Waals surface area (Å²) < 4.78 is 27.5. The number of anilines is 1. The molecule has 2 aromatic rings. The van der Waals surface area contributed by atoms with Crippen LogP contribution in [0.5, 0.6) is 0 Å². The van der Waals surface area contributed by atoms with Crippen molar-refractivity contribution in [2.75, 3.05) is 4.72 Å². The summed E-state index contributed by atoms with van der Waals surface area (Å²) in [6.07, 6.45) is 4.27. The van der Waals surface area contributed by atoms with Crippen molar-refractivity contribution >= 4 is 21.7 Å². The largest absolute Gasteiger partial charge is 0.478 e. The van der Waals surface area contributed by atoms with Crippen LogP contribution < -0.4 is 4.72 Å². The van der Waals surface area contributed by atoms with Crippen molar-refractivity contribution in [2.45, 2.75) is 24.5 Å². The van der Waals surface area contributed by atoms with Crippen LogP contribution in [0.2, 0.25) is 0 Å². The highest BCUT2D eigenvalue weighted by atomic mass is 32.2. The van der Waals surface area contributed by atoms with E-state index < -0.39 is 21.2 Å². The van der Waals surface area contributed by atoms with E-state index >= 15 is 0 Å². The van der Waals surface area contributed by atoms with E-state index in [0.29, 0.717) is 24.2 Å². The van der Waals surface area contributed by atoms with Gasteiger partial charge in [-0.1, -0.05) is 6.08 Å². The van der Waals surface area contributed by atoms with Gasteiger partial charge in [0, 0.05) is 5.69 Å². The van der Waals surface area contributed by atoms with Crippen molar-refractivity contribution in [2.24, 2.45) is 0 Å². The summed E-state index contributed by atoms with van der Waals surface area (Å²) in [5, 5.41) is 19.4. The molecule has 0 radical (unpaired) electrons. The normalized spacial score (nSPS) is 18.0. The standard InChI is InChI=1S/C14H15N5O4S/c20-14(21)12-3-1-2-4-13(12)24(22,23)17-10-5-7-11(8-6-10)19-16-9-15-18-19/h3,5-9,13,17H,1-2,4H2,(H,20,21). The third-order valence-electron chi connectivity index (χ3n) is 3.71. The number of carboxylic acids is 1. The van der Waals surface area contributed by atoms with E-state index in [1.165, 1.54) is 17.2 Å². The molecule has 0 saturated heterocycles. The lowest BCUT2D eigenvalue weighted by Crippen LogP contribution is -2.34. The van der Waals surface area contributed by atoms with Crippen LogP contribution in [0.25, 0.3) is 5.69 Å². The lowest BCUT2D eigenvalue weighted by atomic mass is 9.99. The van der Waals surface area contributed by atoms with Crippen molar-refractivity contribution in [3.8, 4) is 5.69 Å². The second-order valence-corrected chi connectivity index (χ2v) is 7.17. The molecule has 126 valence electrons. The van der Waals surface area contributed by atoms with Crippen LogP contribution in [0.4, 0.5) is 5.69 Å². The Morgan fingerprint density at radius 1 is 1.29 bits per heavy atom. The fourth-order valence-electron chi connectivity index (χ4n) is 2.58. The number of carbonyl (C=O) groups is 1. The molecule has 9 nitrogen and oxygen atoms in total. The van der Waals surface area contributed by atoms with E-state index in [9.17, 15) is 18.3 Å². The van der Waals surface area contributed by atoms with Crippen LogP contribution in [0.3, 0.4) is 0 Å². The van der Waals surface area contributed by atoms with Gasteiger partial charge in [-0.25, -0.2) is 13.2 Å². The van der Waals surface area contributed by atoms with Crippen molar-refractivity contribution in [3.05, 3.63) is 42.2 Å². The molecule has 10 heteroatoms. The molecule has 0 aliphatic heterocycles. The van der Waals surface area contributed by atoms with Crippen LogP contribution in [0.15, 0.2) is 42.2 Å². The molecule has 1 aliphatic carbocycles. The zero-order chi connectivity index (χ0) is 17.2. The van der Waals surface area contributed by atoms with Crippen LogP contribution >= 0.6 is 0 Å². The molecule has 3 rings (SSSR count). The quantitative estimate of drug-likeness (QED) is 0.823. The predicted molar refractivity (Wildman–Crippen MR) is 85.1 cm³/mol. The first-order valence-electron chi connectivity index (χ1n) is 7.26. The van der Waals surface area contributed by atoms with E-state index in [-0.39, 0.29) is 12.0 Å². The number of hydrogen-bond donors (Lipinski definition) is 2. The van der Waals surface area contributed by atoms with Gasteiger partial charge >= 0.3 is 5.97 Å². The second-order valence-electron chi connectivity index (χ2n) is 5.30. The number of aliphatic carboxylic acids is 1. The number of rotatable bonds is 5. The number of allylic oxidation sites excluding steroid dienone is 1. The van der Waals surface area contributed by atoms with Gasteiger partial charge in [-0.05, 0) is 48.7 Å². The molecule has 0 bridgehead atoms. The number of tetrazole rings is 1. The first-order chi connectivity index (χ1) is 11.5. The molecule has 1 heterocycles. The maximum Gasteiger partial charge on any atom is 0.332 e. The van der Waals surface area contributed by atoms with E-state index in [0.717, 1.165) is 0 Å². The topological polar surface area (TPSA) is 127 Å². The number of nitrogens with zero attached hydrogens (tertiary/aromatic N) is 4. The van der Waals surface area contributed by atoms with Crippen molar-refractivity contribution in [1.29, 1.82) is 0 Å². The van der Waals surface area contributed by atoms with Gasteiger partial charge in [-0.3, -0.25) is 4.72 Å². The van der Waals surface area contributed by atoms with Crippen LogP contribution in [-0.4, -0.2) is 45.0 Å². The fourth-order valence-corrected chi connectivity index (χ4v) is 4.19. The minimum atomic E-state index is -3.85. The third-order valence-corrected chi connectivity index (χ3v) is 5.47. The Morgan fingerprint density at radius 3 is 2.67 bits per heavy atom. The average molecular weight is 349 g/mol. The molecule has 1 aliphatic rings. The lowest BCUT2D eigenvalue weighted by molar-refractivity contribution is -0.132. The molecule has 1 unspecified atom stereocenters. The molecule has 1 atom stereocenters. The highest BCUT2D eigenvalue weighted by Crippen LogP contribution is 2.26. The summed E-state index contributed by atoms with van der Waals surface area (Å²) in [4.78, 5) is 12.6. The van der Waals surface area contributed by atoms with E-state index in [4.69, 9.17) is 0 Å². The Morgan fingerprint density at radius 2 is 2.04 bits per heavy atom. The molecule has 2 N–H and O–H groups in total. The summed E-state index contributed by atoms with van der Waals surface area (Å²) in [7, 11) is -3.85. The number of sulfonamides is 1. The van der Waals surface area contributed by atoms with Crippen LogP contribution in [0.1, 0.15) is 19.3 Å². The number of nitrogens with one attached hydrogen (secondary N) is 1. The van der Waals surface area contributed by atoms with Gasteiger partial charge in [-0.15, -0.1) is 15.0 Å². The summed E-state index contributed by atoms with van der Waals surface area (Å²) in [5.74, 6) is -1.20. The Hall–Kier alpha value is -2.75. The van der Waals surface area contributed by atoms with E-state index in [1.807, 2.05) is 0 Å². The molecule has 0 amide bonds. The molecular weight excluding hydrogens is 334 g/mol. The average Bonchev–Trinajstić information content (AvgIpc) is 3.10. The minimum Gasteiger partial charge on any atom is -0.478 e. The van der Waals surface area contributed by atoms with Crippen molar-refractivity contribution < 1.29 is 18.3 Å². The monoisotopic (exact) mass is 349 g/mol. The van der Waals surface area contributed by atoms with Crippen molar-refractivity contribution in [1.82, 2.24) is 20.2 Å². The molecule has 0 fully saturated rings. The third kappa shape index (κ3) is 3.27. The smallest absolute Gasteiger partial charge is 0.332 e. The van der Waals surface area contributed by atoms with Gasteiger partial charge in [0.15, 0.2) is 6.33 Å². The predicted octanol–water partition coefficient (Wildman–Crippen LogP) is 0.967. The number of hydrogen-bond acceptors (Lipinski definition) is 6. The first kappa shape index (κ1) is 16.1. The van der Waals surface area contributed by atoms with Gasteiger partial charge in [0.05, 0.1) is 11.3 Å². The molecule has 24 heavy (non-hydrogen) atoms. The Labute approximate surface area is 138 Å². The first-order valence-corrected chi connectivity index (χ1v) is 8.80. The highest BCUT2D eigenvalue weighted by Gasteiger charge is 2.34. The van der Waals surface area contributed by atoms with Crippen LogP contribution in [0, 0.1) is 0 Å². The summed E-state index contributed by atoms with van der Waals surface area (Å²) in [5.41, 5.74) is 0.894. The molecular formula is C14H15N5O4S. The highest BCUT2D eigenvalue weighted by molar-refractivity contribution is 7.93. The summed E-state index contributed by atoms with van der Waals surface area (Å²) in [6, 6.07) is 6.38. The molecule has 0 saturated carbocycles. The summed E-state index contributed by atoms with van der Waals surface area (Å²) >= 11 is 0. The van der Waals surface area contributed by atoms with E-state index in [2.05, 4.69) is 20.1 Å². The van der Waals surface area contributed by atoms with Gasteiger partial charge in [-0.2, -0.15) is 0 Å². The van der Waals surface area contributed by atoms with Gasteiger partial charge in [0.2, 0.25) is 10.0 Å². The van der Waals surface area contributed by atoms with E-state index in [1.54, 1.807) is 24.3 Å². The molecule has 0 spiro atoms. The zero-order valence-corrected chi connectivity index (χ0v) is 13.3. The fraction of sp³-hybridized carbons (Fsp3) is 0.286. The van der Waals surface area contributed by atoms with Crippen LogP contribution in [-0.2, 0) is 14.8 Å². The number of aromatic nitrogens is 4. The maximum absolute atomic E-state index is 12.5. The second kappa shape index (κ2) is 6.40. The van der Waals surface area contributed by atoms with Crippen molar-refractivity contribution in [3.63, 3.8) is 0 Å². The Kier molecular flexibility index (Phi) is 4.30. The maximum atomic E-state index is 12.5. The van der Waals surface area contributed by atoms with Gasteiger partial charge < -0.3 is 5.11 Å². The number of benzene rings is 1. The van der Waals surface area contributed by atoms with Gasteiger partial charge in [0.25, 0.3) is 0 Å². The van der Waals surface area contributed by atoms with Gasteiger partial charge in [0.1, 0.15) is 5.25 Å². The SMILES string of the molecule is O=C(O)C1=CCCCC1S(=O)(=O)Nc1ccc(-n2ncnn2)cc1. The molecule has 1 aromatic carbocycles. The Balaban J connectivity index is 1.80. The number of carboxylic acid groups (broad SMARTS) is 1. The zero-order valence-electron chi connectivity index (χ0n) is 12.5. The molecule has 1 aromatic heterocycles.